The van der Waals surface area contributed by atoms with Crippen LogP contribution in [0.4, 0.5) is 4.79 Å². The average molecular weight is 200 g/mol. The van der Waals surface area contributed by atoms with Crippen LogP contribution in [-0.2, 0) is 19.0 Å². The fourth-order valence-electron chi connectivity index (χ4n) is 0.936. The zero-order valence-corrected chi connectivity index (χ0v) is 8.06. The quantitative estimate of drug-likeness (QED) is 0.623. The molecule has 0 saturated carbocycles. The van der Waals surface area contributed by atoms with E-state index in [9.17, 15) is 9.59 Å². The van der Waals surface area contributed by atoms with Gasteiger partial charge in [-0.1, -0.05) is 0 Å². The summed E-state index contributed by atoms with van der Waals surface area (Å²) in [6.07, 6.45) is 0.488. The lowest BCUT2D eigenvalue weighted by molar-refractivity contribution is -0.150. The monoisotopic (exact) mass is 200 g/mol. The summed E-state index contributed by atoms with van der Waals surface area (Å²) in [6.45, 7) is 3.50. The second-order valence-electron chi connectivity index (χ2n) is 2.71. The van der Waals surface area contributed by atoms with Crippen LogP contribution in [0, 0.1) is 0 Å². The molecule has 0 fully saturated rings. The first kappa shape index (κ1) is 10.7. The molecule has 0 spiro atoms. The summed E-state index contributed by atoms with van der Waals surface area (Å²) in [4.78, 5) is 21.8. The molecule has 0 N–H and O–H groups in total. The van der Waals surface area contributed by atoms with E-state index in [-0.39, 0.29) is 12.4 Å². The van der Waals surface area contributed by atoms with Crippen LogP contribution in [0.3, 0.4) is 0 Å². The van der Waals surface area contributed by atoms with Crippen molar-refractivity contribution in [2.45, 2.75) is 26.2 Å². The second-order valence-corrected chi connectivity index (χ2v) is 2.71. The van der Waals surface area contributed by atoms with Crippen molar-refractivity contribution in [3.63, 3.8) is 0 Å². The molecule has 0 radical (unpaired) electrons. The number of ketones is 1. The predicted octanol–water partition coefficient (Wildman–Crippen LogP) is 1.03. The van der Waals surface area contributed by atoms with Crippen molar-refractivity contribution in [3.05, 3.63) is 12.2 Å². The SMILES string of the molecule is CCOC(=O)O[C@@H]1C=CC(=O)[C@@H](C)O1. The Morgan fingerprint density at radius 2 is 2.36 bits per heavy atom. The molecule has 0 aromatic carbocycles. The largest absolute Gasteiger partial charge is 0.510 e. The van der Waals surface area contributed by atoms with Gasteiger partial charge in [0.1, 0.15) is 6.10 Å². The summed E-state index contributed by atoms with van der Waals surface area (Å²) in [6, 6.07) is 0. The Morgan fingerprint density at radius 1 is 1.64 bits per heavy atom. The van der Waals surface area contributed by atoms with E-state index in [1.807, 2.05) is 0 Å². The van der Waals surface area contributed by atoms with Crippen LogP contribution in [0.15, 0.2) is 12.2 Å². The van der Waals surface area contributed by atoms with Crippen LogP contribution in [0.5, 0.6) is 0 Å². The van der Waals surface area contributed by atoms with Crippen LogP contribution in [0.25, 0.3) is 0 Å². The normalized spacial score (nSPS) is 26.0. The maximum Gasteiger partial charge on any atom is 0.510 e. The fraction of sp³-hybridized carbons (Fsp3) is 0.556. The van der Waals surface area contributed by atoms with Crippen LogP contribution < -0.4 is 0 Å². The second kappa shape index (κ2) is 4.76. The molecule has 1 aliphatic rings. The third-order valence-corrected chi connectivity index (χ3v) is 1.63. The van der Waals surface area contributed by atoms with Gasteiger partial charge in [0, 0.05) is 0 Å². The van der Waals surface area contributed by atoms with Gasteiger partial charge in [0.15, 0.2) is 5.78 Å². The standard InChI is InChI=1S/C9H12O5/c1-3-12-9(11)14-8-5-4-7(10)6(2)13-8/h4-6,8H,3H2,1-2H3/t6-,8-/m1/s1. The zero-order chi connectivity index (χ0) is 10.6. The minimum Gasteiger partial charge on any atom is -0.435 e. The molecule has 0 aromatic heterocycles. The lowest BCUT2D eigenvalue weighted by Crippen LogP contribution is -2.32. The van der Waals surface area contributed by atoms with Crippen molar-refractivity contribution in [1.29, 1.82) is 0 Å². The number of rotatable bonds is 2. The van der Waals surface area contributed by atoms with Crippen molar-refractivity contribution < 1.29 is 23.8 Å². The van der Waals surface area contributed by atoms with E-state index >= 15 is 0 Å². The molecule has 0 aromatic rings. The van der Waals surface area contributed by atoms with E-state index in [0.717, 1.165) is 0 Å². The first-order valence-corrected chi connectivity index (χ1v) is 4.34. The Balaban J connectivity index is 2.44. The van der Waals surface area contributed by atoms with Crippen molar-refractivity contribution in [3.8, 4) is 0 Å². The summed E-state index contributed by atoms with van der Waals surface area (Å²) in [7, 11) is 0. The van der Waals surface area contributed by atoms with E-state index < -0.39 is 18.5 Å². The minimum absolute atomic E-state index is 0.145. The summed E-state index contributed by atoms with van der Waals surface area (Å²) in [5.41, 5.74) is 0. The molecule has 0 bridgehead atoms. The first-order chi connectivity index (χ1) is 6.63. The van der Waals surface area contributed by atoms with E-state index in [4.69, 9.17) is 9.47 Å². The summed E-state index contributed by atoms with van der Waals surface area (Å²) in [5, 5.41) is 0. The van der Waals surface area contributed by atoms with Crippen LogP contribution >= 0.6 is 0 Å². The molecule has 5 nitrogen and oxygen atoms in total. The van der Waals surface area contributed by atoms with Crippen LogP contribution in [0.2, 0.25) is 0 Å². The molecule has 2 atom stereocenters. The average Bonchev–Trinajstić information content (AvgIpc) is 2.12. The smallest absolute Gasteiger partial charge is 0.435 e. The molecular formula is C9H12O5. The van der Waals surface area contributed by atoms with E-state index in [1.165, 1.54) is 12.2 Å². The molecular weight excluding hydrogens is 188 g/mol. The van der Waals surface area contributed by atoms with Gasteiger partial charge in [-0.2, -0.15) is 0 Å². The Labute approximate surface area is 81.6 Å². The molecule has 0 amide bonds. The molecule has 0 saturated heterocycles. The van der Waals surface area contributed by atoms with Crippen LogP contribution in [0.1, 0.15) is 13.8 Å². The lowest BCUT2D eigenvalue weighted by atomic mass is 10.2. The Morgan fingerprint density at radius 3 is 2.93 bits per heavy atom. The van der Waals surface area contributed by atoms with Gasteiger partial charge in [0.2, 0.25) is 6.29 Å². The van der Waals surface area contributed by atoms with Gasteiger partial charge < -0.3 is 14.2 Å². The van der Waals surface area contributed by atoms with Crippen molar-refractivity contribution in [2.24, 2.45) is 0 Å². The Hall–Kier alpha value is -1.36. The van der Waals surface area contributed by atoms with Crippen molar-refractivity contribution in [2.75, 3.05) is 6.61 Å². The molecule has 0 aliphatic carbocycles. The maximum atomic E-state index is 11.0. The van der Waals surface area contributed by atoms with E-state index in [0.29, 0.717) is 0 Å². The van der Waals surface area contributed by atoms with Gasteiger partial charge in [-0.3, -0.25) is 4.79 Å². The van der Waals surface area contributed by atoms with Crippen molar-refractivity contribution in [1.82, 2.24) is 0 Å². The van der Waals surface area contributed by atoms with E-state index in [1.54, 1.807) is 13.8 Å². The molecule has 5 heteroatoms. The van der Waals surface area contributed by atoms with Crippen molar-refractivity contribution >= 4 is 11.9 Å². The maximum absolute atomic E-state index is 11.0. The zero-order valence-electron chi connectivity index (χ0n) is 8.06. The molecule has 78 valence electrons. The summed E-state index contributed by atoms with van der Waals surface area (Å²) >= 11 is 0. The Kier molecular flexibility index (Phi) is 3.64. The molecule has 1 rings (SSSR count). The third-order valence-electron chi connectivity index (χ3n) is 1.63. The highest BCUT2D eigenvalue weighted by Gasteiger charge is 2.23. The lowest BCUT2D eigenvalue weighted by Gasteiger charge is -2.21. The number of carbonyl (C=O) groups excluding carboxylic acids is 2. The van der Waals surface area contributed by atoms with Gasteiger partial charge in [-0.25, -0.2) is 4.79 Å². The summed E-state index contributed by atoms with van der Waals surface area (Å²) < 4.78 is 14.3. The minimum atomic E-state index is -0.832. The van der Waals surface area contributed by atoms with Crippen LogP contribution in [-0.4, -0.2) is 30.9 Å². The molecule has 1 aliphatic heterocycles. The number of hydrogen-bond donors (Lipinski definition) is 0. The highest BCUT2D eigenvalue weighted by molar-refractivity contribution is 5.93. The third kappa shape index (κ3) is 2.85. The molecule has 0 unspecified atom stereocenters. The topological polar surface area (TPSA) is 61.8 Å². The summed E-state index contributed by atoms with van der Waals surface area (Å²) in [5.74, 6) is -0.145. The van der Waals surface area contributed by atoms with E-state index in [2.05, 4.69) is 4.74 Å². The van der Waals surface area contributed by atoms with Gasteiger partial charge in [0.25, 0.3) is 0 Å². The number of ether oxygens (including phenoxy) is 3. The highest BCUT2D eigenvalue weighted by atomic mass is 16.8. The van der Waals surface area contributed by atoms with Gasteiger partial charge in [-0.05, 0) is 26.0 Å². The Bertz CT molecular complexity index is 258. The fourth-order valence-corrected chi connectivity index (χ4v) is 0.936. The van der Waals surface area contributed by atoms with Gasteiger partial charge >= 0.3 is 6.16 Å². The molecule has 1 heterocycles. The number of hydrogen-bond acceptors (Lipinski definition) is 5. The molecule has 14 heavy (non-hydrogen) atoms. The number of carbonyl (C=O) groups is 2. The first-order valence-electron chi connectivity index (χ1n) is 4.34. The van der Waals surface area contributed by atoms with Gasteiger partial charge in [0.05, 0.1) is 6.61 Å². The highest BCUT2D eigenvalue weighted by Crippen LogP contribution is 2.10. The predicted molar refractivity (Wildman–Crippen MR) is 46.6 cm³/mol. The van der Waals surface area contributed by atoms with Gasteiger partial charge in [-0.15, -0.1) is 0 Å².